The number of likely N-dealkylation sites (N-methyl/N-ethyl adjacent to an activating group) is 1. The Bertz CT molecular complexity index is 651. The van der Waals surface area contributed by atoms with Crippen LogP contribution in [0.1, 0.15) is 25.7 Å². The molecule has 25 heavy (non-hydrogen) atoms. The van der Waals surface area contributed by atoms with Gasteiger partial charge < -0.3 is 15.3 Å². The number of sulfonamides is 1. The maximum atomic E-state index is 12.7. The highest BCUT2D eigenvalue weighted by Gasteiger charge is 2.28. The number of hydrogen-bond acceptors (Lipinski definition) is 6. The zero-order valence-electron chi connectivity index (χ0n) is 14.8. The number of aliphatic hydroxyl groups is 1. The molecule has 2 aliphatic rings. The van der Waals surface area contributed by atoms with E-state index in [1.165, 1.54) is 23.3 Å². The van der Waals surface area contributed by atoms with Crippen LogP contribution in [0.3, 0.4) is 0 Å². The van der Waals surface area contributed by atoms with E-state index >= 15 is 0 Å². The average molecular weight is 369 g/mol. The number of anilines is 1. The standard InChI is InChI=1S/C17H28N4O3S/c1-20-8-10-21(11-9-20)25(23,24)15-6-7-17(18-12-15)19-13-16(22)14-4-2-3-5-14/h6-7,12,14,16,22H,2-5,8-11,13H2,1H3,(H,18,19). The second-order valence-electron chi connectivity index (χ2n) is 7.08. The Balaban J connectivity index is 1.57. The Morgan fingerprint density at radius 3 is 2.52 bits per heavy atom. The summed E-state index contributed by atoms with van der Waals surface area (Å²) in [5.41, 5.74) is 0. The Hall–Kier alpha value is -1.22. The van der Waals surface area contributed by atoms with Gasteiger partial charge in [-0.15, -0.1) is 0 Å². The van der Waals surface area contributed by atoms with Crippen molar-refractivity contribution >= 4 is 15.8 Å². The van der Waals surface area contributed by atoms with E-state index in [2.05, 4.69) is 15.2 Å². The number of aromatic nitrogens is 1. The second-order valence-corrected chi connectivity index (χ2v) is 9.02. The first-order chi connectivity index (χ1) is 12.0. The summed E-state index contributed by atoms with van der Waals surface area (Å²) in [5, 5.41) is 13.3. The van der Waals surface area contributed by atoms with Crippen molar-refractivity contribution in [3.8, 4) is 0 Å². The highest BCUT2D eigenvalue weighted by atomic mass is 32.2. The van der Waals surface area contributed by atoms with Gasteiger partial charge in [-0.1, -0.05) is 12.8 Å². The molecule has 0 bridgehead atoms. The van der Waals surface area contributed by atoms with Gasteiger partial charge in [-0.05, 0) is 37.9 Å². The molecule has 8 heteroatoms. The van der Waals surface area contributed by atoms with E-state index in [0.29, 0.717) is 31.4 Å². The van der Waals surface area contributed by atoms with E-state index in [4.69, 9.17) is 0 Å². The number of pyridine rings is 1. The topological polar surface area (TPSA) is 85.8 Å². The SMILES string of the molecule is CN1CCN(S(=O)(=O)c2ccc(NCC(O)C3CCCC3)nc2)CC1. The monoisotopic (exact) mass is 368 g/mol. The summed E-state index contributed by atoms with van der Waals surface area (Å²) in [5.74, 6) is 0.957. The first-order valence-electron chi connectivity index (χ1n) is 9.03. The zero-order chi connectivity index (χ0) is 17.9. The lowest BCUT2D eigenvalue weighted by Crippen LogP contribution is -2.47. The molecule has 0 aromatic carbocycles. The highest BCUT2D eigenvalue weighted by Crippen LogP contribution is 2.27. The lowest BCUT2D eigenvalue weighted by atomic mass is 10.0. The molecule has 1 aromatic rings. The fourth-order valence-corrected chi connectivity index (χ4v) is 4.90. The van der Waals surface area contributed by atoms with Gasteiger partial charge in [0.2, 0.25) is 10.0 Å². The van der Waals surface area contributed by atoms with Crippen LogP contribution in [-0.2, 0) is 10.0 Å². The lowest BCUT2D eigenvalue weighted by Gasteiger charge is -2.31. The van der Waals surface area contributed by atoms with Crippen LogP contribution in [0.15, 0.2) is 23.2 Å². The van der Waals surface area contributed by atoms with Crippen molar-refractivity contribution in [2.75, 3.05) is 45.1 Å². The van der Waals surface area contributed by atoms with Gasteiger partial charge in [0.05, 0.1) is 6.10 Å². The number of rotatable bonds is 6. The molecular formula is C17H28N4O3S. The summed E-state index contributed by atoms with van der Waals surface area (Å²) >= 11 is 0. The molecule has 3 rings (SSSR count). The van der Waals surface area contributed by atoms with Gasteiger partial charge in [-0.3, -0.25) is 0 Å². The van der Waals surface area contributed by atoms with E-state index in [-0.39, 0.29) is 11.0 Å². The van der Waals surface area contributed by atoms with Crippen LogP contribution in [0.2, 0.25) is 0 Å². The molecule has 1 unspecified atom stereocenters. The van der Waals surface area contributed by atoms with Gasteiger partial charge in [0, 0.05) is 38.9 Å². The summed E-state index contributed by atoms with van der Waals surface area (Å²) in [6.45, 7) is 2.94. The minimum atomic E-state index is -3.48. The molecule has 2 fully saturated rings. The minimum absolute atomic E-state index is 0.221. The largest absolute Gasteiger partial charge is 0.391 e. The maximum absolute atomic E-state index is 12.7. The fraction of sp³-hybridized carbons (Fsp3) is 0.706. The van der Waals surface area contributed by atoms with E-state index < -0.39 is 10.0 Å². The van der Waals surface area contributed by atoms with Gasteiger partial charge >= 0.3 is 0 Å². The molecule has 0 amide bonds. The minimum Gasteiger partial charge on any atom is -0.391 e. The molecule has 7 nitrogen and oxygen atoms in total. The molecule has 1 saturated heterocycles. The van der Waals surface area contributed by atoms with E-state index in [1.54, 1.807) is 12.1 Å². The Kier molecular flexibility index (Phi) is 5.93. The van der Waals surface area contributed by atoms with E-state index in [9.17, 15) is 13.5 Å². The first kappa shape index (κ1) is 18.6. The van der Waals surface area contributed by atoms with Gasteiger partial charge in [0.25, 0.3) is 0 Å². The fourth-order valence-electron chi connectivity index (χ4n) is 3.53. The molecule has 140 valence electrons. The average Bonchev–Trinajstić information content (AvgIpc) is 3.15. The third kappa shape index (κ3) is 4.49. The van der Waals surface area contributed by atoms with Crippen LogP contribution in [0.5, 0.6) is 0 Å². The maximum Gasteiger partial charge on any atom is 0.244 e. The number of nitrogens with zero attached hydrogens (tertiary/aromatic N) is 3. The third-order valence-electron chi connectivity index (χ3n) is 5.27. The molecule has 1 aliphatic heterocycles. The van der Waals surface area contributed by atoms with Crippen molar-refractivity contribution in [2.24, 2.45) is 5.92 Å². The van der Waals surface area contributed by atoms with Crippen molar-refractivity contribution in [3.63, 3.8) is 0 Å². The van der Waals surface area contributed by atoms with Crippen LogP contribution in [0, 0.1) is 5.92 Å². The third-order valence-corrected chi connectivity index (χ3v) is 7.15. The van der Waals surface area contributed by atoms with Gasteiger partial charge in [0.15, 0.2) is 0 Å². The number of nitrogens with one attached hydrogen (secondary N) is 1. The predicted octanol–water partition coefficient (Wildman–Crippen LogP) is 0.981. The van der Waals surface area contributed by atoms with Crippen molar-refractivity contribution < 1.29 is 13.5 Å². The van der Waals surface area contributed by atoms with Crippen LogP contribution < -0.4 is 5.32 Å². The van der Waals surface area contributed by atoms with Gasteiger partial charge in [0.1, 0.15) is 10.7 Å². The Morgan fingerprint density at radius 1 is 1.24 bits per heavy atom. The second kappa shape index (κ2) is 7.99. The van der Waals surface area contributed by atoms with Gasteiger partial charge in [-0.2, -0.15) is 4.31 Å². The van der Waals surface area contributed by atoms with E-state index in [1.807, 2.05) is 7.05 Å². The normalized spacial score (nSPS) is 22.2. The molecule has 0 spiro atoms. The number of piperazine rings is 1. The summed E-state index contributed by atoms with van der Waals surface area (Å²) in [6.07, 6.45) is 5.57. The Morgan fingerprint density at radius 2 is 1.92 bits per heavy atom. The summed E-state index contributed by atoms with van der Waals surface area (Å²) < 4.78 is 26.8. The van der Waals surface area contributed by atoms with Crippen molar-refractivity contribution in [2.45, 2.75) is 36.7 Å². The number of aliphatic hydroxyl groups excluding tert-OH is 1. The molecule has 1 aliphatic carbocycles. The molecular weight excluding hydrogens is 340 g/mol. The van der Waals surface area contributed by atoms with Gasteiger partial charge in [-0.25, -0.2) is 13.4 Å². The van der Waals surface area contributed by atoms with Crippen LogP contribution in [0.4, 0.5) is 5.82 Å². The summed E-state index contributed by atoms with van der Waals surface area (Å²) in [6, 6.07) is 3.26. The Labute approximate surface area is 150 Å². The zero-order valence-corrected chi connectivity index (χ0v) is 15.6. The molecule has 0 radical (unpaired) electrons. The molecule has 1 saturated carbocycles. The predicted molar refractivity (Wildman–Crippen MR) is 96.9 cm³/mol. The molecule has 1 atom stereocenters. The van der Waals surface area contributed by atoms with Crippen molar-refractivity contribution in [3.05, 3.63) is 18.3 Å². The van der Waals surface area contributed by atoms with Crippen molar-refractivity contribution in [1.82, 2.24) is 14.2 Å². The first-order valence-corrected chi connectivity index (χ1v) is 10.5. The van der Waals surface area contributed by atoms with Crippen LogP contribution >= 0.6 is 0 Å². The smallest absolute Gasteiger partial charge is 0.244 e. The van der Waals surface area contributed by atoms with E-state index in [0.717, 1.165) is 25.9 Å². The van der Waals surface area contributed by atoms with Crippen molar-refractivity contribution in [1.29, 1.82) is 0 Å². The van der Waals surface area contributed by atoms with Crippen LogP contribution in [-0.4, -0.2) is 73.6 Å². The lowest BCUT2D eigenvalue weighted by molar-refractivity contribution is 0.122. The number of hydrogen-bond donors (Lipinski definition) is 2. The molecule has 2 N–H and O–H groups in total. The highest BCUT2D eigenvalue weighted by molar-refractivity contribution is 7.89. The quantitative estimate of drug-likeness (QED) is 0.779. The summed E-state index contributed by atoms with van der Waals surface area (Å²) in [7, 11) is -1.49. The van der Waals surface area contributed by atoms with Crippen LogP contribution in [0.25, 0.3) is 0 Å². The summed E-state index contributed by atoms with van der Waals surface area (Å²) in [4.78, 5) is 6.55. The molecule has 2 heterocycles. The molecule has 1 aromatic heterocycles.